The molecule has 5 rings (SSSR count). The van der Waals surface area contributed by atoms with Gasteiger partial charge in [-0.25, -0.2) is 26.5 Å². The van der Waals surface area contributed by atoms with Crippen LogP contribution in [0.25, 0.3) is 0 Å². The number of hydroxylamine groups is 1. The summed E-state index contributed by atoms with van der Waals surface area (Å²) < 4.78 is 77.3. The van der Waals surface area contributed by atoms with Crippen molar-refractivity contribution in [3.05, 3.63) is 84.4 Å². The van der Waals surface area contributed by atoms with Crippen molar-refractivity contribution < 1.29 is 60.2 Å². The van der Waals surface area contributed by atoms with E-state index in [1.807, 2.05) is 0 Å². The lowest BCUT2D eigenvalue weighted by atomic mass is 10.0. The molecule has 0 saturated carbocycles. The van der Waals surface area contributed by atoms with Crippen LogP contribution in [-0.4, -0.2) is 109 Å². The van der Waals surface area contributed by atoms with Crippen molar-refractivity contribution in [2.24, 2.45) is 0 Å². The maximum atomic E-state index is 14.0. The molecule has 2 aliphatic rings. The number of nitrogens with one attached hydrogen (secondary N) is 1. The Bertz CT molecular complexity index is 1800. The van der Waals surface area contributed by atoms with Crippen LogP contribution in [0.4, 0.5) is 4.79 Å². The zero-order chi connectivity index (χ0) is 37.8. The van der Waals surface area contributed by atoms with Gasteiger partial charge in [0.2, 0.25) is 0 Å². The van der Waals surface area contributed by atoms with Gasteiger partial charge in [-0.3, -0.25) is 4.84 Å². The molecule has 2 heterocycles. The Morgan fingerprint density at radius 1 is 0.755 bits per heavy atom. The summed E-state index contributed by atoms with van der Waals surface area (Å²) in [4.78, 5) is 30.3. The van der Waals surface area contributed by atoms with Crippen LogP contribution >= 0.6 is 0 Å². The van der Waals surface area contributed by atoms with E-state index < -0.39 is 57.0 Å². The van der Waals surface area contributed by atoms with Crippen LogP contribution < -0.4 is 14.8 Å². The Balaban J connectivity index is 1.40. The molecule has 2 fully saturated rings. The molecule has 0 bridgehead atoms. The quantitative estimate of drug-likeness (QED) is 0.190. The Kier molecular flexibility index (Phi) is 14.4. The first-order valence-corrected chi connectivity index (χ1v) is 19.9. The number of aliphatic hydroxyl groups excluding tert-OH is 1. The minimum atomic E-state index is -4.58. The number of amides is 1. The van der Waals surface area contributed by atoms with Gasteiger partial charge in [-0.15, -0.1) is 0 Å². The van der Waals surface area contributed by atoms with Gasteiger partial charge < -0.3 is 34.2 Å². The maximum absolute atomic E-state index is 14.0. The Hall–Kier alpha value is -3.85. The first kappa shape index (κ1) is 40.3. The predicted octanol–water partition coefficient (Wildman–Crippen LogP) is 3.22. The number of sulfonamides is 2. The predicted molar refractivity (Wildman–Crippen MR) is 188 cm³/mol. The van der Waals surface area contributed by atoms with Crippen molar-refractivity contribution >= 4 is 26.1 Å². The van der Waals surface area contributed by atoms with Gasteiger partial charge in [0.1, 0.15) is 16.1 Å². The number of rotatable bonds is 17. The van der Waals surface area contributed by atoms with Crippen LogP contribution in [0, 0.1) is 0 Å². The minimum Gasteiger partial charge on any atom is -0.497 e. The monoisotopic (exact) mass is 779 g/mol. The molecule has 1 amide bonds. The molecule has 3 aromatic carbocycles. The molecule has 2 N–H and O–H groups in total. The fraction of sp³-hybridized carbons (Fsp3) is 0.457. The SMILES string of the molecule is COc1ccc(S(=O)(=O)N(CC(O)C(Cc2ccccc2)NC(=O)ON(OC2CCOCC2)S(=O)(=O)c2ccc(OC)cc2)OC2CCOCC2)cc1. The van der Waals surface area contributed by atoms with Gasteiger partial charge in [-0.2, -0.15) is 0 Å². The molecule has 0 aliphatic carbocycles. The average molecular weight is 780 g/mol. The molecule has 0 radical (unpaired) electrons. The van der Waals surface area contributed by atoms with Crippen LogP contribution in [0.15, 0.2) is 88.7 Å². The van der Waals surface area contributed by atoms with Crippen LogP contribution in [0.5, 0.6) is 11.5 Å². The first-order valence-electron chi connectivity index (χ1n) is 17.0. The average Bonchev–Trinajstić information content (AvgIpc) is 3.18. The van der Waals surface area contributed by atoms with Crippen LogP contribution in [0.2, 0.25) is 0 Å². The highest BCUT2D eigenvalue weighted by Crippen LogP contribution is 2.26. The number of hydrogen-bond donors (Lipinski definition) is 2. The van der Waals surface area contributed by atoms with Crippen molar-refractivity contribution in [1.29, 1.82) is 0 Å². The Morgan fingerprint density at radius 3 is 1.75 bits per heavy atom. The molecular formula is C35H45N3O13S2. The fourth-order valence-corrected chi connectivity index (χ4v) is 7.90. The minimum absolute atomic E-state index is 0.00313. The Morgan fingerprint density at radius 2 is 1.25 bits per heavy atom. The van der Waals surface area contributed by atoms with Gasteiger partial charge in [0, 0.05) is 26.4 Å². The summed E-state index contributed by atoms with van der Waals surface area (Å²) >= 11 is 0. The van der Waals surface area contributed by atoms with E-state index >= 15 is 0 Å². The summed E-state index contributed by atoms with van der Waals surface area (Å²) in [6.45, 7) is 0.726. The van der Waals surface area contributed by atoms with Gasteiger partial charge in [0.05, 0.1) is 54.9 Å². The Labute approximate surface area is 309 Å². The van der Waals surface area contributed by atoms with Crippen molar-refractivity contribution in [2.45, 2.75) is 66.2 Å². The van der Waals surface area contributed by atoms with Gasteiger partial charge >= 0.3 is 6.09 Å². The highest BCUT2D eigenvalue weighted by molar-refractivity contribution is 7.89. The highest BCUT2D eigenvalue weighted by atomic mass is 32.2. The zero-order valence-electron chi connectivity index (χ0n) is 29.4. The van der Waals surface area contributed by atoms with E-state index in [-0.39, 0.29) is 20.8 Å². The maximum Gasteiger partial charge on any atom is 0.429 e. The van der Waals surface area contributed by atoms with Crippen LogP contribution in [0.1, 0.15) is 31.2 Å². The third-order valence-corrected chi connectivity index (χ3v) is 11.6. The molecule has 290 valence electrons. The highest BCUT2D eigenvalue weighted by Gasteiger charge is 2.37. The van der Waals surface area contributed by atoms with Gasteiger partial charge in [-0.1, -0.05) is 34.8 Å². The second kappa shape index (κ2) is 19.0. The number of carbonyl (C=O) groups is 1. The van der Waals surface area contributed by atoms with E-state index in [2.05, 4.69) is 5.32 Å². The molecular weight excluding hydrogens is 735 g/mol. The van der Waals surface area contributed by atoms with E-state index in [4.69, 9.17) is 33.5 Å². The van der Waals surface area contributed by atoms with Crippen LogP contribution in [-0.2, 0) is 50.5 Å². The second-order valence-corrected chi connectivity index (χ2v) is 15.8. The summed E-state index contributed by atoms with van der Waals surface area (Å²) in [5.41, 5.74) is 0.674. The van der Waals surface area contributed by atoms with E-state index in [1.54, 1.807) is 30.3 Å². The zero-order valence-corrected chi connectivity index (χ0v) is 31.1. The lowest BCUT2D eigenvalue weighted by Gasteiger charge is -2.32. The molecule has 2 atom stereocenters. The fourth-order valence-electron chi connectivity index (χ4n) is 5.55. The van der Waals surface area contributed by atoms with Crippen molar-refractivity contribution in [3.63, 3.8) is 0 Å². The van der Waals surface area contributed by atoms with E-state index in [1.165, 1.54) is 62.8 Å². The number of methoxy groups -OCH3 is 2. The lowest BCUT2D eigenvalue weighted by Crippen LogP contribution is -2.52. The second-order valence-electron chi connectivity index (χ2n) is 12.3. The molecule has 0 spiro atoms. The summed E-state index contributed by atoms with van der Waals surface area (Å²) in [5, 5.41) is 14.2. The molecule has 0 aromatic heterocycles. The van der Waals surface area contributed by atoms with E-state index in [0.717, 1.165) is 4.47 Å². The largest absolute Gasteiger partial charge is 0.497 e. The van der Waals surface area contributed by atoms with Crippen molar-refractivity contribution in [3.8, 4) is 11.5 Å². The van der Waals surface area contributed by atoms with Crippen molar-refractivity contribution in [2.75, 3.05) is 47.2 Å². The van der Waals surface area contributed by atoms with Crippen LogP contribution in [0.3, 0.4) is 0 Å². The topological polar surface area (TPSA) is 189 Å². The molecule has 2 aliphatic heterocycles. The standard InChI is InChI=1S/C35H45N3O13S2/c1-45-27-8-12-31(13-9-27)52(41,42)37(49-29-16-20-47-21-17-29)25-34(39)33(24-26-6-4-3-5-7-26)36-35(40)51-38(50-30-18-22-48-23-19-30)53(43,44)32-14-10-28(46-2)11-15-32/h3-15,29-30,33-34,39H,16-25H2,1-2H3,(H,36,40). The number of benzene rings is 3. The third kappa shape index (κ3) is 11.1. The number of hydrogen-bond acceptors (Lipinski definition) is 13. The summed E-state index contributed by atoms with van der Waals surface area (Å²) in [6.07, 6.45) is -2.59. The summed E-state index contributed by atoms with van der Waals surface area (Å²) in [7, 11) is -6.06. The van der Waals surface area contributed by atoms with E-state index in [9.17, 15) is 26.7 Å². The normalized spacial score (nSPS) is 17.3. The number of carbonyl (C=O) groups excluding carboxylic acids is 1. The molecule has 3 aromatic rings. The molecule has 16 nitrogen and oxygen atoms in total. The molecule has 2 saturated heterocycles. The third-order valence-electron chi connectivity index (χ3n) is 8.58. The van der Waals surface area contributed by atoms with Gasteiger partial charge in [0.25, 0.3) is 20.0 Å². The summed E-state index contributed by atoms with van der Waals surface area (Å²) in [6, 6.07) is 18.7. The number of nitrogens with zero attached hydrogens (tertiary/aromatic N) is 2. The van der Waals surface area contributed by atoms with E-state index in [0.29, 0.717) is 69.2 Å². The molecule has 53 heavy (non-hydrogen) atoms. The summed E-state index contributed by atoms with van der Waals surface area (Å²) in [5.74, 6) is 0.844. The molecule has 2 unspecified atom stereocenters. The number of aliphatic hydroxyl groups is 1. The first-order chi connectivity index (χ1) is 25.5. The molecule has 18 heteroatoms. The lowest BCUT2D eigenvalue weighted by molar-refractivity contribution is -0.297. The van der Waals surface area contributed by atoms with Gasteiger partial charge in [0.15, 0.2) is 0 Å². The van der Waals surface area contributed by atoms with Crippen molar-refractivity contribution in [1.82, 2.24) is 14.4 Å². The smallest absolute Gasteiger partial charge is 0.429 e. The van der Waals surface area contributed by atoms with Gasteiger partial charge in [-0.05, 0) is 86.2 Å². The number of ether oxygens (including phenoxy) is 4.